The van der Waals surface area contributed by atoms with Crippen molar-refractivity contribution < 1.29 is 50.7 Å². The zero-order valence-electron chi connectivity index (χ0n) is 62.1. The van der Waals surface area contributed by atoms with Gasteiger partial charge in [-0.2, -0.15) is 0 Å². The summed E-state index contributed by atoms with van der Waals surface area (Å²) in [6, 6.07) is 14.4. The molecule has 3 heterocycles. The molecule has 11 atom stereocenters. The van der Waals surface area contributed by atoms with Gasteiger partial charge in [-0.25, -0.2) is 0 Å². The summed E-state index contributed by atoms with van der Waals surface area (Å²) in [6.07, 6.45) is 40.6. The highest BCUT2D eigenvalue weighted by atomic mass is 16.6. The molecule has 6 aliphatic carbocycles. The van der Waals surface area contributed by atoms with E-state index in [9.17, 15) is 30.3 Å². The van der Waals surface area contributed by atoms with Crippen LogP contribution in [0.4, 0.5) is 0 Å². The summed E-state index contributed by atoms with van der Waals surface area (Å²) < 4.78 is 24.8. The quantitative estimate of drug-likeness (QED) is 0.0340. The number of fused-ring (bicyclic) bond motifs is 9. The first kappa shape index (κ1) is 74.3. The number of phenols is 4. The van der Waals surface area contributed by atoms with Gasteiger partial charge in [0.15, 0.2) is 0 Å². The van der Waals surface area contributed by atoms with Gasteiger partial charge in [0, 0.05) is 53.4 Å². The molecular formula is C84H126O10+2. The van der Waals surface area contributed by atoms with Crippen molar-refractivity contribution in [1.82, 2.24) is 0 Å². The number of ether oxygens (including phenoxy) is 4. The second kappa shape index (κ2) is 31.4. The van der Waals surface area contributed by atoms with Crippen molar-refractivity contribution in [2.45, 2.75) is 305 Å². The second-order valence-electron chi connectivity index (χ2n) is 32.5. The molecule has 4 fully saturated rings. The molecule has 12 rings (SSSR count). The average Bonchev–Trinajstić information content (AvgIpc) is 1.52. The van der Waals surface area contributed by atoms with Crippen molar-refractivity contribution in [1.29, 1.82) is 0 Å². The van der Waals surface area contributed by atoms with Crippen LogP contribution < -0.4 is 9.47 Å². The molecule has 0 spiro atoms. The molecule has 2 saturated carbocycles. The third-order valence-corrected chi connectivity index (χ3v) is 22.7. The van der Waals surface area contributed by atoms with Crippen LogP contribution in [0.1, 0.15) is 275 Å². The van der Waals surface area contributed by atoms with E-state index in [0.717, 1.165) is 123 Å². The number of phenolic OH excluding ortho intramolecular Hbond substituents is 4. The van der Waals surface area contributed by atoms with E-state index in [1.54, 1.807) is 18.2 Å². The summed E-state index contributed by atoms with van der Waals surface area (Å²) in [4.78, 5) is 10.7. The Morgan fingerprint density at radius 1 is 0.596 bits per heavy atom. The zero-order valence-corrected chi connectivity index (χ0v) is 61.1. The first-order valence-electron chi connectivity index (χ1n) is 37.0. The highest BCUT2D eigenvalue weighted by Gasteiger charge is 2.74. The predicted molar refractivity (Wildman–Crippen MR) is 387 cm³/mol. The first-order valence-corrected chi connectivity index (χ1v) is 37.0. The number of aliphatic hydroxyl groups is 1. The molecule has 520 valence electrons. The summed E-state index contributed by atoms with van der Waals surface area (Å²) in [7, 11) is 0. The average molecular weight is 1300 g/mol. The van der Waals surface area contributed by atoms with Crippen molar-refractivity contribution in [3.63, 3.8) is 0 Å². The van der Waals surface area contributed by atoms with E-state index < -0.39 is 5.60 Å². The number of carbonyl (C=O) groups excluding carboxylic acids is 1. The number of hydrogen-bond donors (Lipinski definition) is 5. The third kappa shape index (κ3) is 19.0. The van der Waals surface area contributed by atoms with E-state index in [4.69, 9.17) is 18.9 Å². The lowest BCUT2D eigenvalue weighted by molar-refractivity contribution is -0.0861. The molecule has 3 aromatic carbocycles. The number of unbranched alkanes of at least 4 members (excludes halogenated alkanes) is 8. The Balaban J connectivity index is 0.000000172. The van der Waals surface area contributed by atoms with Gasteiger partial charge in [0.1, 0.15) is 63.0 Å². The van der Waals surface area contributed by atoms with E-state index in [1.165, 1.54) is 105 Å². The molecule has 3 aliphatic heterocycles. The van der Waals surface area contributed by atoms with E-state index in [2.05, 4.69) is 134 Å². The Morgan fingerprint density at radius 2 is 1.14 bits per heavy atom. The van der Waals surface area contributed by atoms with Gasteiger partial charge in [-0.1, -0.05) is 128 Å². The maximum atomic E-state index is 10.7. The molecule has 0 bridgehead atoms. The maximum absolute atomic E-state index is 10.7. The van der Waals surface area contributed by atoms with Crippen LogP contribution in [-0.2, 0) is 28.7 Å². The van der Waals surface area contributed by atoms with Gasteiger partial charge in [0.25, 0.3) is 0 Å². The molecule has 10 heteroatoms. The summed E-state index contributed by atoms with van der Waals surface area (Å²) in [6.45, 7) is 35.1. The van der Waals surface area contributed by atoms with Gasteiger partial charge in [-0.3, -0.25) is 4.79 Å². The standard InChI is InChI=1S/C21H32O3.2C21H30O2.C11H16O2.C10H16O/c1-5-6-7-8-16-13-18(22)15-19(14-16)24-20(2,3)17-9-11-21(4,23)12-10-17;2*1-5-6-7-8-15-12-18(22)20-16-11-14(2)9-10-17(16)21(3,4)23-19(20)13-15;1-2-3-4-5-9-6-10(12)8-11(13)7-9;1-9(2)6-4-5-10(3)8(11-10)7(6)9/h9,11,13-15,17,22-23H,5-8,10,12H2,1-4H3;11-13,16-17,22H,5-10H2,1-4H3;11-13,16-17,20H,5-10H2,1-4H3;6-8,12-13H,2-5H2,1H3;6-8H,4-5H2,1-3H3/p+2/t;;;;6?,7?,8-,10+/m....0/s1. The topological polar surface area (TPSA) is 163 Å². The number of ketones is 1. The Morgan fingerprint density at radius 3 is 1.71 bits per heavy atom. The highest BCUT2D eigenvalue weighted by Crippen LogP contribution is 2.72. The largest absolute Gasteiger partial charge is 1.00 e. The number of epoxide rings is 1. The Labute approximate surface area is 569 Å². The van der Waals surface area contributed by atoms with Crippen LogP contribution in [-0.4, -0.2) is 70.2 Å². The van der Waals surface area contributed by atoms with E-state index in [1.807, 2.05) is 37.3 Å². The van der Waals surface area contributed by atoms with Gasteiger partial charge in [0.05, 0.1) is 17.3 Å². The Hall–Kier alpha value is -5.45. The molecule has 9 unspecified atom stereocenters. The van der Waals surface area contributed by atoms with Crippen molar-refractivity contribution in [2.75, 3.05) is 0 Å². The Kier molecular flexibility index (Phi) is 24.8. The zero-order chi connectivity index (χ0) is 68.6. The molecule has 0 aromatic heterocycles. The fourth-order valence-electron chi connectivity index (χ4n) is 16.9. The monoisotopic (exact) mass is 1290 g/mol. The molecule has 10 nitrogen and oxygen atoms in total. The molecule has 0 amide bonds. The molecule has 0 radical (unpaired) electrons. The summed E-state index contributed by atoms with van der Waals surface area (Å²) in [5, 5.41) is 49.1. The normalized spacial score (nSPS) is 28.9. The van der Waals surface area contributed by atoms with Crippen LogP contribution in [0.2, 0.25) is 0 Å². The van der Waals surface area contributed by atoms with Gasteiger partial charge in [-0.05, 0) is 254 Å². The number of aromatic hydroxyl groups is 4. The summed E-state index contributed by atoms with van der Waals surface area (Å²) in [5.74, 6) is 7.80. The fourth-order valence-corrected chi connectivity index (χ4v) is 16.9. The first-order chi connectivity index (χ1) is 44.3. The van der Waals surface area contributed by atoms with Crippen LogP contribution in [0, 0.1) is 46.8 Å². The Bertz CT molecular complexity index is 3190. The van der Waals surface area contributed by atoms with Crippen LogP contribution >= 0.6 is 0 Å². The number of rotatable bonds is 19. The minimum atomic E-state index is -0.704. The van der Waals surface area contributed by atoms with E-state index in [-0.39, 0.29) is 53.2 Å². The lowest BCUT2D eigenvalue weighted by Gasteiger charge is -2.49. The third-order valence-electron chi connectivity index (χ3n) is 22.7. The van der Waals surface area contributed by atoms with Gasteiger partial charge < -0.3 is 44.5 Å². The lowest BCUT2D eigenvalue weighted by Crippen LogP contribution is -2.50. The molecule has 6 N–H and O–H groups in total. The summed E-state index contributed by atoms with van der Waals surface area (Å²) in [5.41, 5.74) is 7.93. The van der Waals surface area contributed by atoms with Crippen molar-refractivity contribution in [2.24, 2.45) is 46.8 Å². The molecule has 94 heavy (non-hydrogen) atoms. The lowest BCUT2D eigenvalue weighted by atomic mass is 9.63. The highest BCUT2D eigenvalue weighted by molar-refractivity contribution is 5.97. The fraction of sp³-hybridized carbons (Fsp3) is 0.655. The van der Waals surface area contributed by atoms with Crippen LogP contribution in [0.25, 0.3) is 0 Å². The maximum Gasteiger partial charge on any atom is 1.00 e. The minimum Gasteiger partial charge on any atom is -0.508 e. The van der Waals surface area contributed by atoms with Crippen LogP contribution in [0.5, 0.6) is 34.5 Å². The number of benzene rings is 3. The van der Waals surface area contributed by atoms with E-state index in [0.29, 0.717) is 46.4 Å². The SMILES string of the molecule is CC1(C)C2CC[C@@]3(C)O[C@H]3C21.CCCCCC1=CC(=[OH+])C2C(=C1)OC(C)(C)C1CCC(C)=CC21.CCCCCc1cc(O)c2c(c1)OC(C)(C)C1CCC(C)=CC21.CCCCCc1cc(O)cc(O)c1.CCCCCc1cc(O)cc(OC(C)(C)C2C=CC(C)(O)CC2)c1.[H+]. The number of hydrogen-bond acceptors (Lipinski definition) is 9. The van der Waals surface area contributed by atoms with Gasteiger partial charge in [-0.15, -0.1) is 0 Å². The van der Waals surface area contributed by atoms with Crippen molar-refractivity contribution in [3.8, 4) is 34.5 Å². The molecule has 9 aliphatic rings. The number of allylic oxidation sites excluding steroid dienone is 8. The number of aryl methyl sites for hydroxylation is 3. The van der Waals surface area contributed by atoms with Gasteiger partial charge >= 0.3 is 7.21 Å². The predicted octanol–water partition coefficient (Wildman–Crippen LogP) is 21.2. The second-order valence-corrected chi connectivity index (χ2v) is 32.5. The minimum absolute atomic E-state index is 0. The summed E-state index contributed by atoms with van der Waals surface area (Å²) >= 11 is 0. The van der Waals surface area contributed by atoms with Crippen molar-refractivity contribution in [3.05, 3.63) is 130 Å². The molecule has 3 aromatic rings. The smallest absolute Gasteiger partial charge is 0.508 e. The molecule has 2 saturated heterocycles. The van der Waals surface area contributed by atoms with Crippen molar-refractivity contribution >= 4 is 5.78 Å². The van der Waals surface area contributed by atoms with Crippen LogP contribution in [0.15, 0.2) is 107 Å². The molecular weight excluding hydrogens is 1170 g/mol. The van der Waals surface area contributed by atoms with Gasteiger partial charge in [0.2, 0.25) is 0 Å². The van der Waals surface area contributed by atoms with Crippen LogP contribution in [0.3, 0.4) is 0 Å². The van der Waals surface area contributed by atoms with E-state index >= 15 is 0 Å².